The topological polar surface area (TPSA) is 46.2 Å². The maximum Gasteiger partial charge on any atom is 0.0732 e. The molecule has 0 amide bonds. The molecule has 0 saturated carbocycles. The Morgan fingerprint density at radius 2 is 1.59 bits per heavy atom. The van der Waals surface area contributed by atoms with Crippen molar-refractivity contribution in [2.75, 3.05) is 0 Å². The molecule has 0 heterocycles. The summed E-state index contributed by atoms with van der Waals surface area (Å²) in [6.45, 7) is 8.44. The molecule has 0 aliphatic carbocycles. The van der Waals surface area contributed by atoms with Gasteiger partial charge in [0.1, 0.15) is 0 Å². The van der Waals surface area contributed by atoms with Gasteiger partial charge in [-0.25, -0.2) is 0 Å². The fourth-order valence-electron chi connectivity index (χ4n) is 2.11. The molecular weight excluding hydrogens is 210 g/mol. The predicted octanol–water partition coefficient (Wildman–Crippen LogP) is 3.10. The first kappa shape index (κ1) is 14.2. The highest BCUT2D eigenvalue weighted by Crippen LogP contribution is 2.21. The lowest BCUT2D eigenvalue weighted by molar-refractivity contribution is 0.128. The van der Waals surface area contributed by atoms with Crippen LogP contribution in [0.2, 0.25) is 0 Å². The Morgan fingerprint density at radius 1 is 1.06 bits per heavy atom. The monoisotopic (exact) mass is 235 g/mol. The Bertz CT molecular complexity index is 340. The molecule has 1 aromatic rings. The number of aryl methyl sites for hydroxylation is 2. The van der Waals surface area contributed by atoms with Crippen LogP contribution >= 0.6 is 0 Å². The molecule has 1 rings (SSSR count). The number of hydrogen-bond donors (Lipinski definition) is 2. The number of hydrogen-bond acceptors (Lipinski definition) is 2. The van der Waals surface area contributed by atoms with Gasteiger partial charge in [0.15, 0.2) is 0 Å². The normalized spacial score (nSPS) is 15.0. The molecule has 2 nitrogen and oxygen atoms in total. The number of benzene rings is 1. The summed E-state index contributed by atoms with van der Waals surface area (Å²) >= 11 is 0. The highest BCUT2D eigenvalue weighted by atomic mass is 16.3. The molecule has 1 aromatic carbocycles. The van der Waals surface area contributed by atoms with E-state index in [9.17, 15) is 5.11 Å². The molecule has 0 spiro atoms. The Balaban J connectivity index is 2.70. The summed E-state index contributed by atoms with van der Waals surface area (Å²) < 4.78 is 0. The van der Waals surface area contributed by atoms with E-state index in [1.165, 1.54) is 11.1 Å². The van der Waals surface area contributed by atoms with Crippen molar-refractivity contribution in [2.24, 2.45) is 11.7 Å². The van der Waals surface area contributed by atoms with Gasteiger partial charge in [0.2, 0.25) is 0 Å². The molecule has 0 saturated heterocycles. The third-order valence-electron chi connectivity index (χ3n) is 3.08. The third kappa shape index (κ3) is 4.49. The van der Waals surface area contributed by atoms with Crippen molar-refractivity contribution in [3.05, 3.63) is 34.9 Å². The maximum atomic E-state index is 10.1. The largest absolute Gasteiger partial charge is 0.391 e. The smallest absolute Gasteiger partial charge is 0.0732 e. The van der Waals surface area contributed by atoms with E-state index in [0.717, 1.165) is 18.4 Å². The molecule has 0 radical (unpaired) electrons. The molecule has 17 heavy (non-hydrogen) atoms. The van der Waals surface area contributed by atoms with Crippen molar-refractivity contribution in [2.45, 2.75) is 52.7 Å². The summed E-state index contributed by atoms with van der Waals surface area (Å²) in [5.41, 5.74) is 9.55. The second-order valence-corrected chi connectivity index (χ2v) is 5.49. The third-order valence-corrected chi connectivity index (χ3v) is 3.08. The van der Waals surface area contributed by atoms with Crippen LogP contribution in [-0.2, 0) is 0 Å². The summed E-state index contributed by atoms with van der Waals surface area (Å²) in [7, 11) is 0. The summed E-state index contributed by atoms with van der Waals surface area (Å²) in [4.78, 5) is 0. The zero-order chi connectivity index (χ0) is 13.0. The van der Waals surface area contributed by atoms with Crippen LogP contribution in [0, 0.1) is 19.8 Å². The molecule has 96 valence electrons. The second-order valence-electron chi connectivity index (χ2n) is 5.49. The molecule has 0 unspecified atom stereocenters. The molecule has 3 N–H and O–H groups in total. The van der Waals surface area contributed by atoms with Crippen molar-refractivity contribution >= 4 is 0 Å². The minimum absolute atomic E-state index is 0.271. The van der Waals surface area contributed by atoms with E-state index in [4.69, 9.17) is 5.73 Å². The highest BCUT2D eigenvalue weighted by Gasteiger charge is 2.17. The van der Waals surface area contributed by atoms with Crippen LogP contribution in [0.3, 0.4) is 0 Å². The van der Waals surface area contributed by atoms with Gasteiger partial charge in [0.05, 0.1) is 12.1 Å². The zero-order valence-corrected chi connectivity index (χ0v) is 11.4. The number of rotatable bonds is 5. The maximum absolute atomic E-state index is 10.1. The number of nitrogens with two attached hydrogens (primary N) is 1. The van der Waals surface area contributed by atoms with Crippen molar-refractivity contribution in [3.8, 4) is 0 Å². The lowest BCUT2D eigenvalue weighted by Gasteiger charge is -2.21. The SMILES string of the molecule is Cc1cc(C)cc([C@H](N)[C@H](O)CCC(C)C)c1. The van der Waals surface area contributed by atoms with Crippen molar-refractivity contribution < 1.29 is 5.11 Å². The lowest BCUT2D eigenvalue weighted by atomic mass is 9.94. The van der Waals surface area contributed by atoms with Crippen LogP contribution < -0.4 is 5.73 Å². The Morgan fingerprint density at radius 3 is 2.06 bits per heavy atom. The summed E-state index contributed by atoms with van der Waals surface area (Å²) in [6.07, 6.45) is 1.34. The van der Waals surface area contributed by atoms with Gasteiger partial charge in [-0.15, -0.1) is 0 Å². The molecule has 2 atom stereocenters. The van der Waals surface area contributed by atoms with E-state index in [-0.39, 0.29) is 6.04 Å². The van der Waals surface area contributed by atoms with E-state index < -0.39 is 6.10 Å². The fourth-order valence-corrected chi connectivity index (χ4v) is 2.11. The van der Waals surface area contributed by atoms with Crippen LogP contribution in [0.25, 0.3) is 0 Å². The second kappa shape index (κ2) is 6.18. The molecule has 0 fully saturated rings. The average molecular weight is 235 g/mol. The number of aliphatic hydroxyl groups excluding tert-OH is 1. The van der Waals surface area contributed by atoms with Crippen LogP contribution in [0.4, 0.5) is 0 Å². The molecular formula is C15H25NO. The average Bonchev–Trinajstić information content (AvgIpc) is 2.23. The van der Waals surface area contributed by atoms with Gasteiger partial charge in [-0.05, 0) is 38.2 Å². The first-order valence-electron chi connectivity index (χ1n) is 6.42. The van der Waals surface area contributed by atoms with E-state index in [1.807, 2.05) is 0 Å². The standard InChI is InChI=1S/C15H25NO/c1-10(2)5-6-14(17)15(16)13-8-11(3)7-12(4)9-13/h7-10,14-15,17H,5-6,16H2,1-4H3/t14-,15+/m1/s1. The highest BCUT2D eigenvalue weighted by molar-refractivity contribution is 5.31. The van der Waals surface area contributed by atoms with Crippen molar-refractivity contribution in [3.63, 3.8) is 0 Å². The summed E-state index contributed by atoms with van der Waals surface area (Å²) in [6, 6.07) is 5.98. The molecule has 0 aromatic heterocycles. The van der Waals surface area contributed by atoms with E-state index in [1.54, 1.807) is 0 Å². The van der Waals surface area contributed by atoms with Crippen LogP contribution in [-0.4, -0.2) is 11.2 Å². The fraction of sp³-hybridized carbons (Fsp3) is 0.600. The summed E-state index contributed by atoms with van der Waals surface area (Å²) in [5, 5.41) is 10.1. The number of aliphatic hydroxyl groups is 1. The van der Waals surface area contributed by atoms with Crippen molar-refractivity contribution in [1.82, 2.24) is 0 Å². The van der Waals surface area contributed by atoms with Gasteiger partial charge in [0.25, 0.3) is 0 Å². The first-order chi connectivity index (χ1) is 7.90. The zero-order valence-electron chi connectivity index (χ0n) is 11.4. The Kier molecular flexibility index (Phi) is 5.16. The molecule has 0 aliphatic heterocycles. The van der Waals surface area contributed by atoms with E-state index >= 15 is 0 Å². The Hall–Kier alpha value is -0.860. The first-order valence-corrected chi connectivity index (χ1v) is 6.42. The van der Waals surface area contributed by atoms with Crippen LogP contribution in [0.1, 0.15) is 49.4 Å². The van der Waals surface area contributed by atoms with E-state index in [2.05, 4.69) is 45.9 Å². The minimum atomic E-state index is -0.446. The van der Waals surface area contributed by atoms with Crippen LogP contribution in [0.15, 0.2) is 18.2 Å². The molecule has 2 heteroatoms. The lowest BCUT2D eigenvalue weighted by Crippen LogP contribution is -2.26. The van der Waals surface area contributed by atoms with Gasteiger partial charge in [-0.2, -0.15) is 0 Å². The van der Waals surface area contributed by atoms with Crippen LogP contribution in [0.5, 0.6) is 0 Å². The quantitative estimate of drug-likeness (QED) is 0.823. The van der Waals surface area contributed by atoms with Gasteiger partial charge < -0.3 is 10.8 Å². The van der Waals surface area contributed by atoms with Gasteiger partial charge in [-0.3, -0.25) is 0 Å². The summed E-state index contributed by atoms with van der Waals surface area (Å²) in [5.74, 6) is 0.607. The van der Waals surface area contributed by atoms with Gasteiger partial charge in [0, 0.05) is 0 Å². The van der Waals surface area contributed by atoms with Gasteiger partial charge >= 0.3 is 0 Å². The van der Waals surface area contributed by atoms with E-state index in [0.29, 0.717) is 5.92 Å². The molecule has 0 bridgehead atoms. The van der Waals surface area contributed by atoms with Crippen molar-refractivity contribution in [1.29, 1.82) is 0 Å². The minimum Gasteiger partial charge on any atom is -0.391 e. The Labute approximate surface area is 105 Å². The van der Waals surface area contributed by atoms with Gasteiger partial charge in [-0.1, -0.05) is 43.2 Å². The predicted molar refractivity (Wildman–Crippen MR) is 72.9 cm³/mol. The molecule has 0 aliphatic rings.